The van der Waals surface area contributed by atoms with Crippen LogP contribution in [0.2, 0.25) is 0 Å². The van der Waals surface area contributed by atoms with E-state index in [9.17, 15) is 13.2 Å². The van der Waals surface area contributed by atoms with E-state index >= 15 is 0 Å². The molecule has 1 aromatic rings. The number of hydrogen-bond donors (Lipinski definition) is 0. The van der Waals surface area contributed by atoms with Gasteiger partial charge < -0.3 is 4.90 Å². The van der Waals surface area contributed by atoms with Gasteiger partial charge in [-0.1, -0.05) is 18.6 Å². The summed E-state index contributed by atoms with van der Waals surface area (Å²) in [5, 5.41) is 0. The van der Waals surface area contributed by atoms with Crippen molar-refractivity contribution in [2.45, 2.75) is 62.8 Å². The molecule has 3 rings (SSSR count). The van der Waals surface area contributed by atoms with Gasteiger partial charge in [-0.3, -0.25) is 4.79 Å². The zero-order chi connectivity index (χ0) is 17.9. The van der Waals surface area contributed by atoms with Crippen molar-refractivity contribution in [2.24, 2.45) is 0 Å². The molecule has 2 saturated heterocycles. The molecule has 5 nitrogen and oxygen atoms in total. The number of benzene rings is 1. The van der Waals surface area contributed by atoms with Crippen LogP contribution in [0.5, 0.6) is 0 Å². The van der Waals surface area contributed by atoms with Gasteiger partial charge in [-0.2, -0.15) is 4.31 Å². The Bertz CT molecular complexity index is 694. The molecule has 0 bridgehead atoms. The first kappa shape index (κ1) is 18.4. The highest BCUT2D eigenvalue weighted by Crippen LogP contribution is 2.22. The molecule has 0 radical (unpaired) electrons. The maximum Gasteiger partial charge on any atom is 0.243 e. The smallest absolute Gasteiger partial charge is 0.243 e. The number of nitrogens with zero attached hydrogens (tertiary/aromatic N) is 2. The van der Waals surface area contributed by atoms with E-state index in [0.29, 0.717) is 30.4 Å². The summed E-state index contributed by atoms with van der Waals surface area (Å²) in [6.45, 7) is 4.15. The van der Waals surface area contributed by atoms with E-state index in [2.05, 4.69) is 6.92 Å². The van der Waals surface area contributed by atoms with Gasteiger partial charge in [0.1, 0.15) is 0 Å². The Kier molecular flexibility index (Phi) is 5.79. The molecule has 0 spiro atoms. The first-order valence-electron chi connectivity index (χ1n) is 9.37. The molecular formula is C19H28N2O3S. The number of likely N-dealkylation sites (tertiary alicyclic amines) is 1. The molecule has 0 aliphatic carbocycles. The normalized spacial score (nSPS) is 22.8. The Labute approximate surface area is 151 Å². The quantitative estimate of drug-likeness (QED) is 0.825. The number of carbonyl (C=O) groups excluding carboxylic acids is 1. The van der Waals surface area contributed by atoms with Gasteiger partial charge in [-0.25, -0.2) is 8.42 Å². The third kappa shape index (κ3) is 4.23. The minimum absolute atomic E-state index is 0.138. The Balaban J connectivity index is 1.66. The summed E-state index contributed by atoms with van der Waals surface area (Å²) in [7, 11) is -3.40. The number of amides is 1. The SMILES string of the molecule is CC1CCCCN1C(=O)Cc1ccc(S(=O)(=O)N2CCCCC2)cc1. The Morgan fingerprint density at radius 3 is 2.28 bits per heavy atom. The maximum atomic E-state index is 12.7. The van der Waals surface area contributed by atoms with Gasteiger partial charge in [0.25, 0.3) is 0 Å². The van der Waals surface area contributed by atoms with Crippen molar-refractivity contribution >= 4 is 15.9 Å². The molecule has 25 heavy (non-hydrogen) atoms. The zero-order valence-electron chi connectivity index (χ0n) is 15.0. The average Bonchev–Trinajstić information content (AvgIpc) is 2.63. The highest BCUT2D eigenvalue weighted by atomic mass is 32.2. The Morgan fingerprint density at radius 2 is 1.64 bits per heavy atom. The number of rotatable bonds is 4. The van der Waals surface area contributed by atoms with Crippen LogP contribution in [-0.2, 0) is 21.2 Å². The van der Waals surface area contributed by atoms with Crippen LogP contribution in [0.4, 0.5) is 0 Å². The summed E-state index contributed by atoms with van der Waals surface area (Å²) >= 11 is 0. The lowest BCUT2D eigenvalue weighted by molar-refractivity contribution is -0.133. The minimum Gasteiger partial charge on any atom is -0.340 e. The molecule has 1 atom stereocenters. The summed E-state index contributed by atoms with van der Waals surface area (Å²) in [6.07, 6.45) is 6.63. The fraction of sp³-hybridized carbons (Fsp3) is 0.632. The van der Waals surface area contributed by atoms with Crippen molar-refractivity contribution in [1.82, 2.24) is 9.21 Å². The molecule has 2 fully saturated rings. The van der Waals surface area contributed by atoms with Crippen LogP contribution < -0.4 is 0 Å². The molecule has 1 aromatic carbocycles. The molecule has 6 heteroatoms. The predicted octanol–water partition coefficient (Wildman–Crippen LogP) is 2.80. The molecule has 2 heterocycles. The predicted molar refractivity (Wildman–Crippen MR) is 97.8 cm³/mol. The highest BCUT2D eigenvalue weighted by molar-refractivity contribution is 7.89. The van der Waals surface area contributed by atoms with Crippen LogP contribution in [0.3, 0.4) is 0 Å². The van der Waals surface area contributed by atoms with Gasteiger partial charge in [0.05, 0.1) is 11.3 Å². The van der Waals surface area contributed by atoms with Crippen LogP contribution in [0.15, 0.2) is 29.2 Å². The summed E-state index contributed by atoms with van der Waals surface area (Å²) < 4.78 is 26.9. The molecule has 1 amide bonds. The fourth-order valence-electron chi connectivity index (χ4n) is 3.78. The molecule has 138 valence electrons. The monoisotopic (exact) mass is 364 g/mol. The molecule has 0 N–H and O–H groups in total. The highest BCUT2D eigenvalue weighted by Gasteiger charge is 2.26. The van der Waals surface area contributed by atoms with E-state index < -0.39 is 10.0 Å². The molecule has 1 unspecified atom stereocenters. The van der Waals surface area contributed by atoms with Crippen LogP contribution in [-0.4, -0.2) is 49.2 Å². The second-order valence-electron chi connectivity index (χ2n) is 7.22. The molecule has 0 aromatic heterocycles. The minimum atomic E-state index is -3.40. The number of carbonyl (C=O) groups is 1. The van der Waals surface area contributed by atoms with E-state index in [0.717, 1.165) is 44.2 Å². The third-order valence-corrected chi connectivity index (χ3v) is 7.27. The molecular weight excluding hydrogens is 336 g/mol. The van der Waals surface area contributed by atoms with Gasteiger partial charge in [0.2, 0.25) is 15.9 Å². The van der Waals surface area contributed by atoms with Crippen LogP contribution >= 0.6 is 0 Å². The van der Waals surface area contributed by atoms with Gasteiger partial charge in [0.15, 0.2) is 0 Å². The second kappa shape index (κ2) is 7.87. The molecule has 2 aliphatic heterocycles. The number of piperidine rings is 2. The van der Waals surface area contributed by atoms with Crippen molar-refractivity contribution in [2.75, 3.05) is 19.6 Å². The number of hydrogen-bond acceptors (Lipinski definition) is 3. The van der Waals surface area contributed by atoms with Gasteiger partial charge in [0, 0.05) is 25.7 Å². The first-order valence-corrected chi connectivity index (χ1v) is 10.8. The lowest BCUT2D eigenvalue weighted by Gasteiger charge is -2.33. The fourth-order valence-corrected chi connectivity index (χ4v) is 5.30. The second-order valence-corrected chi connectivity index (χ2v) is 9.16. The zero-order valence-corrected chi connectivity index (χ0v) is 15.8. The standard InChI is InChI=1S/C19H28N2O3S/c1-16-7-3-6-14-21(16)19(22)15-17-8-10-18(11-9-17)25(23,24)20-12-4-2-5-13-20/h8-11,16H,2-7,12-15H2,1H3. The Morgan fingerprint density at radius 1 is 1.00 bits per heavy atom. The van der Waals surface area contributed by atoms with E-state index in [-0.39, 0.29) is 5.91 Å². The summed E-state index contributed by atoms with van der Waals surface area (Å²) in [5.41, 5.74) is 0.875. The third-order valence-electron chi connectivity index (χ3n) is 5.35. The van der Waals surface area contributed by atoms with Gasteiger partial charge in [-0.15, -0.1) is 0 Å². The Hall–Kier alpha value is -1.40. The van der Waals surface area contributed by atoms with Crippen molar-refractivity contribution in [3.63, 3.8) is 0 Å². The lowest BCUT2D eigenvalue weighted by Crippen LogP contribution is -2.42. The van der Waals surface area contributed by atoms with E-state index in [4.69, 9.17) is 0 Å². The van der Waals surface area contributed by atoms with E-state index in [1.54, 1.807) is 28.6 Å². The van der Waals surface area contributed by atoms with Crippen molar-refractivity contribution < 1.29 is 13.2 Å². The van der Waals surface area contributed by atoms with Crippen molar-refractivity contribution in [1.29, 1.82) is 0 Å². The van der Waals surface area contributed by atoms with Gasteiger partial charge >= 0.3 is 0 Å². The lowest BCUT2D eigenvalue weighted by atomic mass is 10.0. The summed E-state index contributed by atoms with van der Waals surface area (Å²) in [6, 6.07) is 7.16. The van der Waals surface area contributed by atoms with Crippen LogP contribution in [0.25, 0.3) is 0 Å². The van der Waals surface area contributed by atoms with E-state index in [1.165, 1.54) is 6.42 Å². The maximum absolute atomic E-state index is 12.7. The largest absolute Gasteiger partial charge is 0.340 e. The summed E-state index contributed by atoms with van der Waals surface area (Å²) in [5.74, 6) is 0.138. The van der Waals surface area contributed by atoms with Crippen LogP contribution in [0, 0.1) is 0 Å². The first-order chi connectivity index (χ1) is 12.0. The number of sulfonamides is 1. The van der Waals surface area contributed by atoms with Crippen molar-refractivity contribution in [3.8, 4) is 0 Å². The molecule has 0 saturated carbocycles. The topological polar surface area (TPSA) is 57.7 Å². The molecule has 2 aliphatic rings. The average molecular weight is 365 g/mol. The van der Waals surface area contributed by atoms with E-state index in [1.807, 2.05) is 4.90 Å². The van der Waals surface area contributed by atoms with Crippen molar-refractivity contribution in [3.05, 3.63) is 29.8 Å². The summed E-state index contributed by atoms with van der Waals surface area (Å²) in [4.78, 5) is 14.8. The van der Waals surface area contributed by atoms with Crippen LogP contribution in [0.1, 0.15) is 51.0 Å². The van der Waals surface area contributed by atoms with Gasteiger partial charge in [-0.05, 0) is 56.7 Å².